The van der Waals surface area contributed by atoms with E-state index in [0.717, 1.165) is 11.2 Å². The molecule has 31 heavy (non-hydrogen) atoms. The van der Waals surface area contributed by atoms with E-state index in [2.05, 4.69) is 10.6 Å². The molecule has 12 heteroatoms. The van der Waals surface area contributed by atoms with E-state index in [1.165, 1.54) is 55.5 Å². The molecule has 0 spiro atoms. The van der Waals surface area contributed by atoms with Crippen LogP contribution in [-0.2, 0) is 25.0 Å². The van der Waals surface area contributed by atoms with Gasteiger partial charge in [-0.15, -0.1) is 0 Å². The third-order valence-corrected chi connectivity index (χ3v) is 5.93. The molecule has 3 rings (SSSR count). The molecule has 2 aromatic rings. The summed E-state index contributed by atoms with van der Waals surface area (Å²) in [5.74, 6) is -1.35. The number of amides is 4. The molecule has 2 N–H and O–H groups in total. The first-order chi connectivity index (χ1) is 14.4. The van der Waals surface area contributed by atoms with Crippen molar-refractivity contribution >= 4 is 39.1 Å². The van der Waals surface area contributed by atoms with Gasteiger partial charge in [0.1, 0.15) is 12.1 Å². The van der Waals surface area contributed by atoms with E-state index >= 15 is 0 Å². The smallest absolute Gasteiger partial charge is 0.325 e. The Morgan fingerprint density at radius 2 is 1.71 bits per heavy atom. The minimum Gasteiger partial charge on any atom is -0.325 e. The van der Waals surface area contributed by atoms with E-state index in [-0.39, 0.29) is 10.6 Å². The normalized spacial score (nSPS) is 18.6. The summed E-state index contributed by atoms with van der Waals surface area (Å²) in [5.41, 5.74) is -1.02. The zero-order valence-corrected chi connectivity index (χ0v) is 17.3. The highest BCUT2D eigenvalue weighted by Crippen LogP contribution is 2.30. The van der Waals surface area contributed by atoms with Crippen molar-refractivity contribution in [2.75, 3.05) is 18.1 Å². The summed E-state index contributed by atoms with van der Waals surface area (Å²) < 4.78 is 23.0. The molecular formula is C19H18N4O7S. The number of nitro groups is 1. The number of benzene rings is 2. The van der Waals surface area contributed by atoms with Gasteiger partial charge in [0.2, 0.25) is 5.91 Å². The fourth-order valence-electron chi connectivity index (χ4n) is 3.08. The SMILES string of the molecule is C[C@@]1(c2ccc([N+](=O)[O-])cc2)NC(=O)N(CC(=O)Nc2ccc(S(C)(=O)=O)cc2)C1=O. The molecule has 0 aromatic heterocycles. The number of carbonyl (C=O) groups is 3. The number of imide groups is 1. The summed E-state index contributed by atoms with van der Waals surface area (Å²) in [7, 11) is -3.38. The van der Waals surface area contributed by atoms with Crippen LogP contribution in [0.3, 0.4) is 0 Å². The molecule has 0 aliphatic carbocycles. The minimum absolute atomic E-state index is 0.0819. The number of anilines is 1. The fraction of sp³-hybridized carbons (Fsp3) is 0.211. The Kier molecular flexibility index (Phi) is 5.51. The Labute approximate surface area is 177 Å². The standard InChI is InChI=1S/C19H18N4O7S/c1-19(12-3-7-14(8-4-12)23(27)28)17(25)22(18(26)21-19)11-16(24)20-13-5-9-15(10-6-13)31(2,29)30/h3-10H,11H2,1-2H3,(H,20,24)(H,21,26)/t19-/m0/s1. The number of sulfone groups is 1. The van der Waals surface area contributed by atoms with E-state index in [1.807, 2.05) is 0 Å². The Balaban J connectivity index is 1.72. The first-order valence-corrected chi connectivity index (χ1v) is 10.8. The molecule has 0 unspecified atom stereocenters. The van der Waals surface area contributed by atoms with Crippen molar-refractivity contribution in [1.29, 1.82) is 0 Å². The van der Waals surface area contributed by atoms with Gasteiger partial charge in [0.05, 0.1) is 9.82 Å². The minimum atomic E-state index is -3.38. The monoisotopic (exact) mass is 446 g/mol. The van der Waals surface area contributed by atoms with E-state index in [0.29, 0.717) is 11.3 Å². The zero-order valence-electron chi connectivity index (χ0n) is 16.5. The first-order valence-electron chi connectivity index (χ1n) is 8.91. The zero-order chi connectivity index (χ0) is 23.0. The van der Waals surface area contributed by atoms with Crippen LogP contribution in [0.2, 0.25) is 0 Å². The van der Waals surface area contributed by atoms with Gasteiger partial charge in [-0.05, 0) is 48.9 Å². The van der Waals surface area contributed by atoms with Gasteiger partial charge in [-0.25, -0.2) is 13.2 Å². The lowest BCUT2D eigenvalue weighted by molar-refractivity contribution is -0.384. The van der Waals surface area contributed by atoms with Crippen LogP contribution in [0.25, 0.3) is 0 Å². The molecule has 0 bridgehead atoms. The van der Waals surface area contributed by atoms with E-state index < -0.39 is 44.7 Å². The lowest BCUT2D eigenvalue weighted by atomic mass is 9.92. The summed E-state index contributed by atoms with van der Waals surface area (Å²) in [5, 5.41) is 15.8. The van der Waals surface area contributed by atoms with Crippen molar-refractivity contribution in [2.45, 2.75) is 17.4 Å². The molecule has 1 fully saturated rings. The van der Waals surface area contributed by atoms with Crippen molar-refractivity contribution < 1.29 is 27.7 Å². The number of hydrogen-bond donors (Lipinski definition) is 2. The number of nitrogens with zero attached hydrogens (tertiary/aromatic N) is 2. The van der Waals surface area contributed by atoms with Crippen LogP contribution in [-0.4, -0.2) is 48.9 Å². The highest BCUT2D eigenvalue weighted by molar-refractivity contribution is 7.90. The quantitative estimate of drug-likeness (QED) is 0.386. The maximum atomic E-state index is 12.9. The van der Waals surface area contributed by atoms with Crippen molar-refractivity contribution in [1.82, 2.24) is 10.2 Å². The topological polar surface area (TPSA) is 156 Å². The van der Waals surface area contributed by atoms with Crippen LogP contribution >= 0.6 is 0 Å². The van der Waals surface area contributed by atoms with Crippen molar-refractivity contribution in [3.8, 4) is 0 Å². The molecule has 1 heterocycles. The van der Waals surface area contributed by atoms with Gasteiger partial charge in [0.25, 0.3) is 11.6 Å². The third-order valence-electron chi connectivity index (χ3n) is 4.80. The summed E-state index contributed by atoms with van der Waals surface area (Å²) in [6, 6.07) is 9.81. The van der Waals surface area contributed by atoms with Crippen LogP contribution in [0.4, 0.5) is 16.2 Å². The van der Waals surface area contributed by atoms with Crippen molar-refractivity contribution in [3.63, 3.8) is 0 Å². The molecule has 1 saturated heterocycles. The predicted octanol–water partition coefficient (Wildman–Crippen LogP) is 1.40. The molecule has 2 aromatic carbocycles. The van der Waals surface area contributed by atoms with Gasteiger partial charge in [0.15, 0.2) is 9.84 Å². The second-order valence-corrected chi connectivity index (χ2v) is 9.11. The maximum absolute atomic E-state index is 12.9. The predicted molar refractivity (Wildman–Crippen MR) is 109 cm³/mol. The highest BCUT2D eigenvalue weighted by atomic mass is 32.2. The van der Waals surface area contributed by atoms with E-state index in [1.54, 1.807) is 0 Å². The number of non-ortho nitro benzene ring substituents is 1. The average molecular weight is 446 g/mol. The lowest BCUT2D eigenvalue weighted by Crippen LogP contribution is -2.42. The van der Waals surface area contributed by atoms with Crippen LogP contribution in [0, 0.1) is 10.1 Å². The molecule has 0 radical (unpaired) electrons. The maximum Gasteiger partial charge on any atom is 0.325 e. The average Bonchev–Trinajstić information content (AvgIpc) is 2.91. The number of urea groups is 1. The summed E-state index contributed by atoms with van der Waals surface area (Å²) in [4.78, 5) is 48.6. The second-order valence-electron chi connectivity index (χ2n) is 7.10. The summed E-state index contributed by atoms with van der Waals surface area (Å²) in [6.45, 7) is 0.872. The number of hydrogen-bond acceptors (Lipinski definition) is 7. The Morgan fingerprint density at radius 1 is 1.13 bits per heavy atom. The Bertz CT molecular complexity index is 1180. The molecule has 1 aliphatic rings. The molecule has 0 saturated carbocycles. The van der Waals surface area contributed by atoms with Crippen LogP contribution < -0.4 is 10.6 Å². The second kappa shape index (κ2) is 7.80. The Morgan fingerprint density at radius 3 is 2.23 bits per heavy atom. The van der Waals surface area contributed by atoms with E-state index in [9.17, 15) is 32.9 Å². The van der Waals surface area contributed by atoms with E-state index in [4.69, 9.17) is 0 Å². The lowest BCUT2D eigenvalue weighted by Gasteiger charge is -2.22. The van der Waals surface area contributed by atoms with Gasteiger partial charge in [-0.1, -0.05) is 0 Å². The van der Waals surface area contributed by atoms with Crippen LogP contribution in [0.15, 0.2) is 53.4 Å². The molecule has 1 aliphatic heterocycles. The molecule has 1 atom stereocenters. The molecular weight excluding hydrogens is 428 g/mol. The van der Waals surface area contributed by atoms with Gasteiger partial charge in [0, 0.05) is 24.1 Å². The highest BCUT2D eigenvalue weighted by Gasteiger charge is 2.49. The summed E-state index contributed by atoms with van der Waals surface area (Å²) in [6.07, 6.45) is 1.06. The number of nitro benzene ring substituents is 1. The van der Waals surface area contributed by atoms with Gasteiger partial charge < -0.3 is 10.6 Å². The number of rotatable bonds is 6. The number of nitrogens with one attached hydrogen (secondary N) is 2. The molecule has 162 valence electrons. The third kappa shape index (κ3) is 4.38. The van der Waals surface area contributed by atoms with Gasteiger partial charge in [-0.3, -0.25) is 24.6 Å². The summed E-state index contributed by atoms with van der Waals surface area (Å²) >= 11 is 0. The van der Waals surface area contributed by atoms with Crippen LogP contribution in [0.5, 0.6) is 0 Å². The van der Waals surface area contributed by atoms with Crippen molar-refractivity contribution in [3.05, 3.63) is 64.2 Å². The molecule has 11 nitrogen and oxygen atoms in total. The molecule has 4 amide bonds. The largest absolute Gasteiger partial charge is 0.325 e. The Hall–Kier alpha value is -3.80. The van der Waals surface area contributed by atoms with Gasteiger partial charge in [-0.2, -0.15) is 0 Å². The van der Waals surface area contributed by atoms with Crippen LogP contribution in [0.1, 0.15) is 12.5 Å². The fourth-order valence-corrected chi connectivity index (χ4v) is 3.71. The van der Waals surface area contributed by atoms with Crippen molar-refractivity contribution in [2.24, 2.45) is 0 Å². The van der Waals surface area contributed by atoms with Gasteiger partial charge >= 0.3 is 6.03 Å². The number of carbonyl (C=O) groups excluding carboxylic acids is 3. The first kappa shape index (κ1) is 21.9.